The van der Waals surface area contributed by atoms with Gasteiger partial charge in [-0.1, -0.05) is 0 Å². The molecular formula is C10H13FN2O5S2. The number of rotatable bonds is 4. The van der Waals surface area contributed by atoms with Crippen molar-refractivity contribution in [2.24, 2.45) is 5.14 Å². The van der Waals surface area contributed by atoms with Gasteiger partial charge < -0.3 is 5.32 Å². The fourth-order valence-corrected chi connectivity index (χ4v) is 2.18. The van der Waals surface area contributed by atoms with E-state index in [9.17, 15) is 26.0 Å². The number of sulfone groups is 1. The van der Waals surface area contributed by atoms with Gasteiger partial charge in [-0.15, -0.1) is 0 Å². The third-order valence-corrected chi connectivity index (χ3v) is 4.95. The van der Waals surface area contributed by atoms with Gasteiger partial charge in [0.05, 0.1) is 10.6 Å². The highest BCUT2D eigenvalue weighted by atomic mass is 32.2. The quantitative estimate of drug-likeness (QED) is 0.797. The highest BCUT2D eigenvalue weighted by Crippen LogP contribution is 2.18. The minimum atomic E-state index is -4.06. The van der Waals surface area contributed by atoms with Crippen molar-refractivity contribution in [3.8, 4) is 0 Å². The van der Waals surface area contributed by atoms with Crippen molar-refractivity contribution in [1.82, 2.24) is 0 Å². The van der Waals surface area contributed by atoms with Crippen LogP contribution in [0.15, 0.2) is 23.1 Å². The molecule has 0 fully saturated rings. The van der Waals surface area contributed by atoms with Crippen molar-refractivity contribution >= 4 is 31.5 Å². The Morgan fingerprint density at radius 1 is 1.30 bits per heavy atom. The number of nitrogens with one attached hydrogen (secondary N) is 1. The Labute approximate surface area is 115 Å². The summed E-state index contributed by atoms with van der Waals surface area (Å²) in [7, 11) is -7.68. The molecule has 0 heterocycles. The highest BCUT2D eigenvalue weighted by molar-refractivity contribution is 7.92. The lowest BCUT2D eigenvalue weighted by Gasteiger charge is -2.11. The van der Waals surface area contributed by atoms with Crippen LogP contribution in [0.2, 0.25) is 0 Å². The summed E-state index contributed by atoms with van der Waals surface area (Å²) < 4.78 is 58.0. The molecular weight excluding hydrogens is 311 g/mol. The van der Waals surface area contributed by atoms with Crippen molar-refractivity contribution in [1.29, 1.82) is 0 Å². The lowest BCUT2D eigenvalue weighted by atomic mass is 10.3. The Bertz CT molecular complexity index is 743. The number of anilines is 1. The molecule has 0 bridgehead atoms. The number of benzene rings is 1. The van der Waals surface area contributed by atoms with Crippen molar-refractivity contribution in [2.45, 2.75) is 17.1 Å². The lowest BCUT2D eigenvalue weighted by Crippen LogP contribution is -2.32. The molecule has 1 aromatic rings. The first kappa shape index (κ1) is 16.5. The van der Waals surface area contributed by atoms with Crippen molar-refractivity contribution in [3.05, 3.63) is 24.0 Å². The molecule has 7 nitrogen and oxygen atoms in total. The zero-order valence-electron chi connectivity index (χ0n) is 10.6. The van der Waals surface area contributed by atoms with Gasteiger partial charge in [0.25, 0.3) is 0 Å². The van der Waals surface area contributed by atoms with Crippen LogP contribution in [0.5, 0.6) is 0 Å². The summed E-state index contributed by atoms with van der Waals surface area (Å²) in [6.07, 6.45) is 0.873. The Hall–Kier alpha value is -1.52. The second-order valence-corrected chi connectivity index (χ2v) is 8.08. The van der Waals surface area contributed by atoms with Gasteiger partial charge in [-0.3, -0.25) is 4.79 Å². The summed E-state index contributed by atoms with van der Waals surface area (Å²) >= 11 is 0. The van der Waals surface area contributed by atoms with Gasteiger partial charge in [0.1, 0.15) is 11.1 Å². The van der Waals surface area contributed by atoms with Gasteiger partial charge in [-0.05, 0) is 25.1 Å². The number of carbonyl (C=O) groups is 1. The Kier molecular flexibility index (Phi) is 4.52. The molecule has 1 amide bonds. The molecule has 3 N–H and O–H groups in total. The predicted molar refractivity (Wildman–Crippen MR) is 70.7 cm³/mol. The topological polar surface area (TPSA) is 123 Å². The summed E-state index contributed by atoms with van der Waals surface area (Å²) in [5, 5.41) is 5.53. The first-order valence-corrected chi connectivity index (χ1v) is 8.75. The number of hydrogen-bond acceptors (Lipinski definition) is 5. The van der Waals surface area contributed by atoms with Gasteiger partial charge in [0.2, 0.25) is 15.9 Å². The van der Waals surface area contributed by atoms with Crippen molar-refractivity contribution in [2.75, 3.05) is 11.6 Å². The maximum Gasteiger partial charge on any atom is 0.242 e. The van der Waals surface area contributed by atoms with Crippen LogP contribution in [-0.4, -0.2) is 34.2 Å². The van der Waals surface area contributed by atoms with Crippen LogP contribution in [0.25, 0.3) is 0 Å². The molecule has 0 saturated carbocycles. The van der Waals surface area contributed by atoms with Crippen molar-refractivity contribution < 1.29 is 26.0 Å². The molecule has 0 aliphatic rings. The average molecular weight is 324 g/mol. The molecule has 0 aliphatic heterocycles. The zero-order valence-corrected chi connectivity index (χ0v) is 12.3. The van der Waals surface area contributed by atoms with E-state index in [0.29, 0.717) is 6.07 Å². The highest BCUT2D eigenvalue weighted by Gasteiger charge is 2.24. The second kappa shape index (κ2) is 5.46. The van der Waals surface area contributed by atoms with E-state index >= 15 is 0 Å². The minimum absolute atomic E-state index is 0.335. The molecule has 0 radical (unpaired) electrons. The van der Waals surface area contributed by atoms with Gasteiger partial charge in [0.15, 0.2) is 9.84 Å². The van der Waals surface area contributed by atoms with Gasteiger partial charge in [-0.25, -0.2) is 26.4 Å². The van der Waals surface area contributed by atoms with Crippen LogP contribution in [0.1, 0.15) is 6.92 Å². The number of primary sulfonamides is 1. The molecule has 0 spiro atoms. The first-order chi connectivity index (χ1) is 8.93. The number of hydrogen-bond donors (Lipinski definition) is 2. The standard InChI is InChI=1S/C10H13FN2O5S2/c1-6(19(2,15)16)10(14)13-9-4-3-7(5-8(9)11)20(12,17)18/h3-6H,1-2H3,(H,13,14)(H2,12,17,18). The van der Waals surface area contributed by atoms with Gasteiger partial charge >= 0.3 is 0 Å². The summed E-state index contributed by atoms with van der Waals surface area (Å²) in [6.45, 7) is 1.15. The largest absolute Gasteiger partial charge is 0.322 e. The molecule has 1 aromatic carbocycles. The molecule has 20 heavy (non-hydrogen) atoms. The lowest BCUT2D eigenvalue weighted by molar-refractivity contribution is -0.115. The fourth-order valence-electron chi connectivity index (χ4n) is 1.20. The molecule has 112 valence electrons. The normalized spacial score (nSPS) is 13.8. The zero-order chi connectivity index (χ0) is 15.7. The molecule has 0 aromatic heterocycles. The number of carbonyl (C=O) groups excluding carboxylic acids is 1. The van der Waals surface area contributed by atoms with Crippen LogP contribution in [0, 0.1) is 5.82 Å². The molecule has 1 unspecified atom stereocenters. The van der Waals surface area contributed by atoms with E-state index in [-0.39, 0.29) is 5.69 Å². The summed E-state index contributed by atoms with van der Waals surface area (Å²) in [4.78, 5) is 11.1. The average Bonchev–Trinajstić information content (AvgIpc) is 2.28. The molecule has 10 heteroatoms. The maximum absolute atomic E-state index is 13.6. The van der Waals surface area contributed by atoms with E-state index in [2.05, 4.69) is 5.32 Å². The second-order valence-electron chi connectivity index (χ2n) is 4.15. The Balaban J connectivity index is 3.04. The fraction of sp³-hybridized carbons (Fsp3) is 0.300. The van der Waals surface area contributed by atoms with E-state index in [4.69, 9.17) is 5.14 Å². The molecule has 0 aliphatic carbocycles. The van der Waals surface area contributed by atoms with Crippen LogP contribution in [-0.2, 0) is 24.7 Å². The van der Waals surface area contributed by atoms with E-state index in [0.717, 1.165) is 25.3 Å². The molecule has 1 atom stereocenters. The SMILES string of the molecule is CC(C(=O)Nc1ccc(S(N)(=O)=O)cc1F)S(C)(=O)=O. The number of amides is 1. The van der Waals surface area contributed by atoms with E-state index in [1.165, 1.54) is 0 Å². The maximum atomic E-state index is 13.6. The van der Waals surface area contributed by atoms with Crippen molar-refractivity contribution in [3.63, 3.8) is 0 Å². The summed E-state index contributed by atoms with van der Waals surface area (Å²) in [5.74, 6) is -1.96. The van der Waals surface area contributed by atoms with E-state index in [1.54, 1.807) is 0 Å². The Morgan fingerprint density at radius 3 is 2.25 bits per heavy atom. The third-order valence-electron chi connectivity index (χ3n) is 2.54. The van der Waals surface area contributed by atoms with Crippen LogP contribution in [0.3, 0.4) is 0 Å². The monoisotopic (exact) mass is 324 g/mol. The smallest absolute Gasteiger partial charge is 0.242 e. The van der Waals surface area contributed by atoms with Crippen LogP contribution < -0.4 is 10.5 Å². The predicted octanol–water partition coefficient (Wildman–Crippen LogP) is -0.155. The minimum Gasteiger partial charge on any atom is -0.322 e. The number of nitrogens with two attached hydrogens (primary N) is 1. The number of halogens is 1. The number of sulfonamides is 1. The molecule has 0 saturated heterocycles. The third kappa shape index (κ3) is 3.99. The van der Waals surface area contributed by atoms with Gasteiger partial charge in [-0.2, -0.15) is 0 Å². The first-order valence-electron chi connectivity index (χ1n) is 5.25. The van der Waals surface area contributed by atoms with E-state index in [1.807, 2.05) is 0 Å². The van der Waals surface area contributed by atoms with Gasteiger partial charge in [0, 0.05) is 6.26 Å². The van der Waals surface area contributed by atoms with Crippen LogP contribution >= 0.6 is 0 Å². The Morgan fingerprint density at radius 2 is 1.85 bits per heavy atom. The van der Waals surface area contributed by atoms with E-state index < -0.39 is 41.7 Å². The summed E-state index contributed by atoms with van der Waals surface area (Å²) in [6, 6.07) is 2.62. The summed E-state index contributed by atoms with van der Waals surface area (Å²) in [5.41, 5.74) is -0.335. The molecule has 1 rings (SSSR count). The van der Waals surface area contributed by atoms with Crippen LogP contribution in [0.4, 0.5) is 10.1 Å².